The molecule has 27 heavy (non-hydrogen) atoms. The molecule has 0 N–H and O–H groups in total. The molecule has 0 saturated heterocycles. The Morgan fingerprint density at radius 3 is 2.59 bits per heavy atom. The number of esters is 1. The normalized spacial score (nSPS) is 11.9. The molecule has 6 nitrogen and oxygen atoms in total. The molecule has 3 aromatic rings. The Balaban J connectivity index is 1.56. The second-order valence-corrected chi connectivity index (χ2v) is 6.55. The molecule has 7 heteroatoms. The van der Waals surface area contributed by atoms with Crippen LogP contribution in [0.4, 0.5) is 0 Å². The van der Waals surface area contributed by atoms with Gasteiger partial charge in [-0.05, 0) is 56.7 Å². The Hall–Kier alpha value is -2.86. The summed E-state index contributed by atoms with van der Waals surface area (Å²) in [6.45, 7) is 5.29. The number of rotatable bonds is 6. The fourth-order valence-corrected chi connectivity index (χ4v) is 2.46. The van der Waals surface area contributed by atoms with Crippen molar-refractivity contribution in [1.82, 2.24) is 10.2 Å². The molecule has 0 radical (unpaired) electrons. The van der Waals surface area contributed by atoms with Crippen molar-refractivity contribution in [3.63, 3.8) is 0 Å². The van der Waals surface area contributed by atoms with E-state index >= 15 is 0 Å². The van der Waals surface area contributed by atoms with Crippen LogP contribution in [0.25, 0.3) is 11.5 Å². The number of benzene rings is 2. The van der Waals surface area contributed by atoms with Gasteiger partial charge in [0.2, 0.25) is 5.89 Å². The molecule has 140 valence electrons. The van der Waals surface area contributed by atoms with E-state index in [0.717, 1.165) is 16.7 Å². The lowest BCUT2D eigenvalue weighted by Gasteiger charge is -2.11. The minimum absolute atomic E-state index is 0.223. The third-order valence-electron chi connectivity index (χ3n) is 3.88. The van der Waals surface area contributed by atoms with Crippen LogP contribution < -0.4 is 4.74 Å². The first-order valence-corrected chi connectivity index (χ1v) is 8.79. The minimum atomic E-state index is -0.681. The SMILES string of the molecule is Cc1ccc(-c2nnc([C@@H](C)OC(=O)COc3ccc(Cl)c(C)c3)o2)cc1. The highest BCUT2D eigenvalue weighted by Crippen LogP contribution is 2.23. The van der Waals surface area contributed by atoms with Gasteiger partial charge in [-0.15, -0.1) is 10.2 Å². The van der Waals surface area contributed by atoms with E-state index in [1.54, 1.807) is 25.1 Å². The molecule has 0 amide bonds. The second-order valence-electron chi connectivity index (χ2n) is 6.14. The van der Waals surface area contributed by atoms with Crippen LogP contribution in [-0.2, 0) is 9.53 Å². The van der Waals surface area contributed by atoms with E-state index in [1.165, 1.54) is 0 Å². The molecule has 1 atom stereocenters. The molecule has 0 spiro atoms. The Morgan fingerprint density at radius 1 is 1.15 bits per heavy atom. The predicted molar refractivity (Wildman–Crippen MR) is 101 cm³/mol. The summed E-state index contributed by atoms with van der Waals surface area (Å²) in [4.78, 5) is 12.0. The van der Waals surface area contributed by atoms with Gasteiger partial charge in [-0.1, -0.05) is 29.3 Å². The Labute approximate surface area is 162 Å². The van der Waals surface area contributed by atoms with Crippen LogP contribution in [0.15, 0.2) is 46.9 Å². The van der Waals surface area contributed by atoms with Gasteiger partial charge in [0.05, 0.1) is 0 Å². The number of ether oxygens (including phenoxy) is 2. The third-order valence-corrected chi connectivity index (χ3v) is 4.31. The molecule has 0 bridgehead atoms. The van der Waals surface area contributed by atoms with Crippen molar-refractivity contribution in [2.45, 2.75) is 26.9 Å². The zero-order chi connectivity index (χ0) is 19.4. The van der Waals surface area contributed by atoms with E-state index in [0.29, 0.717) is 16.7 Å². The van der Waals surface area contributed by atoms with E-state index in [-0.39, 0.29) is 12.5 Å². The Bertz CT molecular complexity index is 937. The van der Waals surface area contributed by atoms with Gasteiger partial charge >= 0.3 is 5.97 Å². The van der Waals surface area contributed by atoms with Crippen molar-refractivity contribution in [3.8, 4) is 17.2 Å². The molecular formula is C20H19ClN2O4. The Kier molecular flexibility index (Phi) is 5.76. The molecule has 0 fully saturated rings. The van der Waals surface area contributed by atoms with Crippen LogP contribution in [0.3, 0.4) is 0 Å². The van der Waals surface area contributed by atoms with Crippen LogP contribution in [0.1, 0.15) is 30.0 Å². The van der Waals surface area contributed by atoms with E-state index in [2.05, 4.69) is 10.2 Å². The molecule has 0 aliphatic carbocycles. The van der Waals surface area contributed by atoms with Crippen molar-refractivity contribution in [1.29, 1.82) is 0 Å². The third kappa shape index (κ3) is 4.86. The average Bonchev–Trinajstić information content (AvgIpc) is 3.13. The highest BCUT2D eigenvalue weighted by atomic mass is 35.5. The largest absolute Gasteiger partial charge is 0.482 e. The summed E-state index contributed by atoms with van der Waals surface area (Å²) in [6.07, 6.45) is -0.681. The first kappa shape index (κ1) is 18.9. The van der Waals surface area contributed by atoms with Gasteiger partial charge in [0.25, 0.3) is 5.89 Å². The summed E-state index contributed by atoms with van der Waals surface area (Å²) in [5.41, 5.74) is 2.81. The van der Waals surface area contributed by atoms with Gasteiger partial charge < -0.3 is 13.9 Å². The number of aryl methyl sites for hydroxylation is 2. The molecule has 0 saturated carbocycles. The highest BCUT2D eigenvalue weighted by molar-refractivity contribution is 6.31. The zero-order valence-corrected chi connectivity index (χ0v) is 16.0. The number of nitrogens with zero attached hydrogens (tertiary/aromatic N) is 2. The van der Waals surface area contributed by atoms with E-state index in [4.69, 9.17) is 25.5 Å². The van der Waals surface area contributed by atoms with E-state index in [1.807, 2.05) is 38.1 Å². The number of carbonyl (C=O) groups excluding carboxylic acids is 1. The quantitative estimate of drug-likeness (QED) is 0.572. The van der Waals surface area contributed by atoms with Gasteiger partial charge in [0.1, 0.15) is 5.75 Å². The number of aromatic nitrogens is 2. The van der Waals surface area contributed by atoms with Crippen molar-refractivity contribution in [2.75, 3.05) is 6.61 Å². The smallest absolute Gasteiger partial charge is 0.344 e. The zero-order valence-electron chi connectivity index (χ0n) is 15.2. The number of hydrogen-bond acceptors (Lipinski definition) is 6. The number of halogens is 1. The molecule has 1 aromatic heterocycles. The molecule has 0 aliphatic heterocycles. The topological polar surface area (TPSA) is 74.5 Å². The fourth-order valence-electron chi connectivity index (χ4n) is 2.34. The summed E-state index contributed by atoms with van der Waals surface area (Å²) >= 11 is 5.96. The van der Waals surface area contributed by atoms with Crippen LogP contribution in [0, 0.1) is 13.8 Å². The first-order chi connectivity index (χ1) is 12.9. The first-order valence-electron chi connectivity index (χ1n) is 8.41. The second kappa shape index (κ2) is 8.22. The van der Waals surface area contributed by atoms with Crippen molar-refractivity contribution >= 4 is 17.6 Å². The van der Waals surface area contributed by atoms with Gasteiger partial charge in [-0.3, -0.25) is 0 Å². The van der Waals surface area contributed by atoms with Crippen molar-refractivity contribution < 1.29 is 18.7 Å². The molecule has 0 aliphatic rings. The maximum atomic E-state index is 12.0. The van der Waals surface area contributed by atoms with Crippen molar-refractivity contribution in [2.24, 2.45) is 0 Å². The van der Waals surface area contributed by atoms with Gasteiger partial charge in [0, 0.05) is 10.6 Å². The Morgan fingerprint density at radius 2 is 1.89 bits per heavy atom. The van der Waals surface area contributed by atoms with Crippen LogP contribution in [0.2, 0.25) is 5.02 Å². The van der Waals surface area contributed by atoms with Gasteiger partial charge in [-0.25, -0.2) is 4.79 Å². The summed E-state index contributed by atoms with van der Waals surface area (Å²) in [6, 6.07) is 12.9. The number of hydrogen-bond donors (Lipinski definition) is 0. The van der Waals surface area contributed by atoms with Crippen molar-refractivity contribution in [3.05, 3.63) is 64.5 Å². The van der Waals surface area contributed by atoms with E-state index in [9.17, 15) is 4.79 Å². The summed E-state index contributed by atoms with van der Waals surface area (Å²) in [5, 5.41) is 8.60. The lowest BCUT2D eigenvalue weighted by molar-refractivity contribution is -0.152. The monoisotopic (exact) mass is 386 g/mol. The average molecular weight is 387 g/mol. The molecular weight excluding hydrogens is 368 g/mol. The lowest BCUT2D eigenvalue weighted by atomic mass is 10.1. The summed E-state index contributed by atoms with van der Waals surface area (Å²) in [5.74, 6) is 0.605. The number of carbonyl (C=O) groups is 1. The van der Waals surface area contributed by atoms with E-state index < -0.39 is 12.1 Å². The maximum absolute atomic E-state index is 12.0. The molecule has 3 rings (SSSR count). The predicted octanol–water partition coefficient (Wildman–Crippen LogP) is 4.69. The fraction of sp³-hybridized carbons (Fsp3) is 0.250. The molecule has 1 heterocycles. The maximum Gasteiger partial charge on any atom is 0.344 e. The van der Waals surface area contributed by atoms with Crippen LogP contribution in [0.5, 0.6) is 5.75 Å². The lowest BCUT2D eigenvalue weighted by Crippen LogP contribution is -2.17. The minimum Gasteiger partial charge on any atom is -0.482 e. The van der Waals surface area contributed by atoms with Gasteiger partial charge in [0.15, 0.2) is 12.7 Å². The van der Waals surface area contributed by atoms with Gasteiger partial charge in [-0.2, -0.15) is 0 Å². The highest BCUT2D eigenvalue weighted by Gasteiger charge is 2.19. The van der Waals surface area contributed by atoms with Crippen LogP contribution in [-0.4, -0.2) is 22.8 Å². The molecule has 2 aromatic carbocycles. The summed E-state index contributed by atoms with van der Waals surface area (Å²) in [7, 11) is 0. The summed E-state index contributed by atoms with van der Waals surface area (Å²) < 4.78 is 16.3. The standard InChI is InChI=1S/C20H19ClN2O4/c1-12-4-6-15(7-5-12)20-23-22-19(27-20)14(3)26-18(24)11-25-16-8-9-17(21)13(2)10-16/h4-10,14H,11H2,1-3H3/t14-/m1/s1. The van der Waals surface area contributed by atoms with Crippen LogP contribution >= 0.6 is 11.6 Å². The molecule has 0 unspecified atom stereocenters.